The van der Waals surface area contributed by atoms with E-state index in [-0.39, 0.29) is 0 Å². The second-order valence-corrected chi connectivity index (χ2v) is 2.01. The summed E-state index contributed by atoms with van der Waals surface area (Å²) in [6.45, 7) is 10.0. The molecule has 0 aliphatic rings. The number of aryl methyl sites for hydroxylation is 1. The molecular formula is C13H20. The van der Waals surface area contributed by atoms with Crippen LogP contribution < -0.4 is 0 Å². The van der Waals surface area contributed by atoms with Gasteiger partial charge in [0, 0.05) is 5.56 Å². The highest BCUT2D eigenvalue weighted by atomic mass is 13.9. The topological polar surface area (TPSA) is 0 Å². The molecule has 0 fully saturated rings. The van der Waals surface area contributed by atoms with Gasteiger partial charge in [0.05, 0.1) is 0 Å². The van der Waals surface area contributed by atoms with Crippen molar-refractivity contribution in [3.05, 3.63) is 35.4 Å². The van der Waals surface area contributed by atoms with Crippen LogP contribution in [0.25, 0.3) is 0 Å². The van der Waals surface area contributed by atoms with Crippen molar-refractivity contribution in [2.75, 3.05) is 0 Å². The minimum absolute atomic E-state index is 0.945. The molecule has 0 aliphatic carbocycles. The highest BCUT2D eigenvalue weighted by molar-refractivity contribution is 5.33. The van der Waals surface area contributed by atoms with Crippen molar-refractivity contribution in [2.45, 2.75) is 34.6 Å². The van der Waals surface area contributed by atoms with Gasteiger partial charge in [-0.2, -0.15) is 0 Å². The Kier molecular flexibility index (Phi) is 11.9. The fraction of sp³-hybridized carbons (Fsp3) is 0.385. The van der Waals surface area contributed by atoms with E-state index in [9.17, 15) is 0 Å². The van der Waals surface area contributed by atoms with E-state index < -0.39 is 0 Å². The SMILES string of the molecule is C#Cc1ccc(C)cc1.CC.CC. The monoisotopic (exact) mass is 176 g/mol. The predicted molar refractivity (Wildman–Crippen MR) is 61.8 cm³/mol. The Hall–Kier alpha value is -1.22. The van der Waals surface area contributed by atoms with Crippen molar-refractivity contribution in [3.8, 4) is 12.3 Å². The van der Waals surface area contributed by atoms with Crippen LogP contribution in [-0.2, 0) is 0 Å². The molecule has 1 rings (SSSR count). The first-order valence-corrected chi connectivity index (χ1v) is 4.86. The number of rotatable bonds is 0. The Morgan fingerprint density at radius 3 is 1.62 bits per heavy atom. The van der Waals surface area contributed by atoms with E-state index in [1.165, 1.54) is 5.56 Å². The summed E-state index contributed by atoms with van der Waals surface area (Å²) in [5.41, 5.74) is 2.19. The molecule has 0 N–H and O–H groups in total. The third-order valence-corrected chi connectivity index (χ3v) is 1.22. The van der Waals surface area contributed by atoms with Crippen molar-refractivity contribution in [3.63, 3.8) is 0 Å². The maximum absolute atomic E-state index is 5.15. The Labute approximate surface area is 83.0 Å². The second-order valence-electron chi connectivity index (χ2n) is 2.01. The molecule has 0 amide bonds. The highest BCUT2D eigenvalue weighted by Gasteiger charge is 1.82. The van der Waals surface area contributed by atoms with Crippen LogP contribution in [0.1, 0.15) is 38.8 Å². The molecule has 13 heavy (non-hydrogen) atoms. The summed E-state index contributed by atoms with van der Waals surface area (Å²) in [4.78, 5) is 0. The average Bonchev–Trinajstić information content (AvgIpc) is 2.25. The summed E-state index contributed by atoms with van der Waals surface area (Å²) >= 11 is 0. The van der Waals surface area contributed by atoms with Gasteiger partial charge in [-0.15, -0.1) is 6.42 Å². The van der Waals surface area contributed by atoms with E-state index in [1.807, 2.05) is 58.9 Å². The summed E-state index contributed by atoms with van der Waals surface area (Å²) in [7, 11) is 0. The van der Waals surface area contributed by atoms with Gasteiger partial charge in [-0.1, -0.05) is 51.3 Å². The number of hydrogen-bond acceptors (Lipinski definition) is 0. The lowest BCUT2D eigenvalue weighted by atomic mass is 10.2. The van der Waals surface area contributed by atoms with Crippen molar-refractivity contribution in [2.24, 2.45) is 0 Å². The Bertz CT molecular complexity index is 223. The lowest BCUT2D eigenvalue weighted by Gasteiger charge is -1.89. The zero-order chi connectivity index (χ0) is 10.7. The molecule has 0 heteroatoms. The van der Waals surface area contributed by atoms with Crippen LogP contribution in [0, 0.1) is 19.3 Å². The average molecular weight is 176 g/mol. The van der Waals surface area contributed by atoms with E-state index in [0.717, 1.165) is 5.56 Å². The zero-order valence-electron chi connectivity index (χ0n) is 9.39. The van der Waals surface area contributed by atoms with Crippen LogP contribution in [0.15, 0.2) is 24.3 Å². The minimum atomic E-state index is 0.945. The summed E-state index contributed by atoms with van der Waals surface area (Å²) < 4.78 is 0. The lowest BCUT2D eigenvalue weighted by Crippen LogP contribution is -1.72. The summed E-state index contributed by atoms with van der Waals surface area (Å²) in [5, 5.41) is 0. The molecule has 0 radical (unpaired) electrons. The summed E-state index contributed by atoms with van der Waals surface area (Å²) in [6.07, 6.45) is 5.15. The van der Waals surface area contributed by atoms with Gasteiger partial charge in [-0.3, -0.25) is 0 Å². The third kappa shape index (κ3) is 7.15. The molecule has 0 unspecified atom stereocenters. The van der Waals surface area contributed by atoms with Gasteiger partial charge < -0.3 is 0 Å². The van der Waals surface area contributed by atoms with E-state index >= 15 is 0 Å². The normalized spacial score (nSPS) is 6.77. The van der Waals surface area contributed by atoms with Gasteiger partial charge in [-0.05, 0) is 19.1 Å². The van der Waals surface area contributed by atoms with Gasteiger partial charge >= 0.3 is 0 Å². The maximum Gasteiger partial charge on any atom is 0.0242 e. The van der Waals surface area contributed by atoms with E-state index in [1.54, 1.807) is 0 Å². The van der Waals surface area contributed by atoms with Crippen LogP contribution in [-0.4, -0.2) is 0 Å². The molecule has 0 aliphatic heterocycles. The molecule has 0 saturated heterocycles. The van der Waals surface area contributed by atoms with E-state index in [2.05, 4.69) is 5.92 Å². The van der Waals surface area contributed by atoms with Crippen LogP contribution in [0.3, 0.4) is 0 Å². The maximum atomic E-state index is 5.15. The Balaban J connectivity index is 0. The van der Waals surface area contributed by atoms with Gasteiger partial charge in [0.1, 0.15) is 0 Å². The van der Waals surface area contributed by atoms with Crippen molar-refractivity contribution in [1.29, 1.82) is 0 Å². The van der Waals surface area contributed by atoms with Crippen molar-refractivity contribution >= 4 is 0 Å². The molecule has 1 aromatic carbocycles. The smallest absolute Gasteiger partial charge is 0.0242 e. The van der Waals surface area contributed by atoms with Crippen LogP contribution in [0.4, 0.5) is 0 Å². The number of benzene rings is 1. The predicted octanol–water partition coefficient (Wildman–Crippen LogP) is 4.03. The molecule has 0 spiro atoms. The van der Waals surface area contributed by atoms with Crippen molar-refractivity contribution in [1.82, 2.24) is 0 Å². The Morgan fingerprint density at radius 2 is 1.31 bits per heavy atom. The van der Waals surface area contributed by atoms with Gasteiger partial charge in [0.15, 0.2) is 0 Å². The highest BCUT2D eigenvalue weighted by Crippen LogP contribution is 1.99. The second kappa shape index (κ2) is 10.8. The summed E-state index contributed by atoms with van der Waals surface area (Å²) in [6, 6.07) is 7.90. The number of terminal acetylenes is 1. The molecular weight excluding hydrogens is 156 g/mol. The fourth-order valence-corrected chi connectivity index (χ4v) is 0.650. The van der Waals surface area contributed by atoms with E-state index in [4.69, 9.17) is 6.42 Å². The lowest BCUT2D eigenvalue weighted by molar-refractivity contribution is 1.46. The summed E-state index contributed by atoms with van der Waals surface area (Å²) in [5.74, 6) is 2.55. The van der Waals surface area contributed by atoms with Crippen molar-refractivity contribution < 1.29 is 0 Å². The van der Waals surface area contributed by atoms with Gasteiger partial charge in [0.2, 0.25) is 0 Å². The largest absolute Gasteiger partial charge is 0.115 e. The fourth-order valence-electron chi connectivity index (χ4n) is 0.650. The Morgan fingerprint density at radius 1 is 0.923 bits per heavy atom. The minimum Gasteiger partial charge on any atom is -0.115 e. The first-order chi connectivity index (χ1) is 6.33. The number of hydrogen-bond donors (Lipinski definition) is 0. The third-order valence-electron chi connectivity index (χ3n) is 1.22. The quantitative estimate of drug-likeness (QED) is 0.523. The molecule has 0 atom stereocenters. The zero-order valence-corrected chi connectivity index (χ0v) is 9.39. The molecule has 72 valence electrons. The molecule has 1 aromatic rings. The van der Waals surface area contributed by atoms with E-state index in [0.29, 0.717) is 0 Å². The van der Waals surface area contributed by atoms with Crippen LogP contribution in [0.5, 0.6) is 0 Å². The first kappa shape index (κ1) is 14.3. The van der Waals surface area contributed by atoms with Gasteiger partial charge in [-0.25, -0.2) is 0 Å². The molecule has 0 nitrogen and oxygen atoms in total. The van der Waals surface area contributed by atoms with Crippen LogP contribution in [0.2, 0.25) is 0 Å². The molecule has 0 saturated carbocycles. The molecule has 0 bridgehead atoms. The standard InChI is InChI=1S/C9H8.2C2H6/c1-3-9-6-4-8(2)5-7-9;2*1-2/h1,4-7H,2H3;2*1-2H3. The van der Waals surface area contributed by atoms with Crippen LogP contribution >= 0.6 is 0 Å². The van der Waals surface area contributed by atoms with Gasteiger partial charge in [0.25, 0.3) is 0 Å². The first-order valence-electron chi connectivity index (χ1n) is 4.86. The molecule has 0 aromatic heterocycles. The molecule has 0 heterocycles.